The Hall–Kier alpha value is -14.4. The zero-order chi connectivity index (χ0) is 92.6. The molecule has 3 aliphatic heterocycles. The van der Waals surface area contributed by atoms with Gasteiger partial charge in [0.25, 0.3) is 11.7 Å². The number of methoxy groups -OCH3 is 3. The molecule has 2 bridgehead atoms. The van der Waals surface area contributed by atoms with E-state index in [9.17, 15) is 49.2 Å². The van der Waals surface area contributed by atoms with E-state index in [2.05, 4.69) is 331 Å². The Balaban J connectivity index is -0.0000000486. The van der Waals surface area contributed by atoms with E-state index in [1.54, 1.807) is 47.6 Å². The molecule has 15 atom stereocenters. The van der Waals surface area contributed by atoms with Crippen molar-refractivity contribution in [2.45, 2.75) is 173 Å². The van der Waals surface area contributed by atoms with E-state index in [0.717, 1.165) is 4.90 Å². The van der Waals surface area contributed by atoms with Gasteiger partial charge in [0.15, 0.2) is 0 Å². The van der Waals surface area contributed by atoms with E-state index in [-0.39, 0.29) is 92.4 Å². The van der Waals surface area contributed by atoms with Crippen molar-refractivity contribution in [3.8, 4) is 273 Å². The number of aliphatic carboxylic acids is 1. The van der Waals surface area contributed by atoms with Gasteiger partial charge in [-0.3, -0.25) is 24.0 Å². The molecule has 0 radical (unpaired) electrons. The summed E-state index contributed by atoms with van der Waals surface area (Å²) in [7, 11) is 4.34. The molecule has 3 fully saturated rings. The van der Waals surface area contributed by atoms with Crippen LogP contribution in [-0.4, -0.2) is 160 Å². The Morgan fingerprint density at radius 1 is 0.556 bits per heavy atom. The molecule has 0 aromatic carbocycles. The van der Waals surface area contributed by atoms with Gasteiger partial charge in [-0.25, -0.2) is 15.3 Å². The molecule has 0 aromatic heterocycles. The number of allylic oxidation sites excluding steroid dienone is 2. The lowest BCUT2D eigenvalue weighted by Crippen LogP contribution is -2.64. The third kappa shape index (κ3) is 46.0. The number of fused-ring (bicyclic) bond motifs is 3. The average Bonchev–Trinajstić information content (AvgIpc) is 0.782. The largest absolute Gasteiger partial charge is 0.481 e. The van der Waals surface area contributed by atoms with Gasteiger partial charge < -0.3 is 53.7 Å². The second-order valence-electron chi connectivity index (χ2n) is 24.8. The minimum Gasteiger partial charge on any atom is -0.481 e. The summed E-state index contributed by atoms with van der Waals surface area (Å²) in [6.45, 7) is 10.1. The van der Waals surface area contributed by atoms with Gasteiger partial charge in [-0.05, 0) is 255 Å². The van der Waals surface area contributed by atoms with Crippen LogP contribution in [0.1, 0.15) is 161 Å². The number of nitrogens with zero attached hydrogens (tertiary/aromatic N) is 1. The second kappa shape index (κ2) is 68.2. The number of carboxylic acids is 1. The van der Waals surface area contributed by atoms with Crippen LogP contribution in [0, 0.1) is 303 Å². The molecule has 34 nitrogen and oxygen atoms in total. The first kappa shape index (κ1) is 108. The van der Waals surface area contributed by atoms with Crippen molar-refractivity contribution in [1.29, 1.82) is 0 Å². The molecule has 126 heavy (non-hydrogen) atoms. The highest BCUT2D eigenvalue weighted by molar-refractivity contribution is 6.39. The number of cyclic esters (lactones) is 1. The number of aliphatic hydroxyl groups excluding tert-OH is 2. The number of terminal acetylenes is 2. The van der Waals surface area contributed by atoms with E-state index in [1.807, 2.05) is 6.08 Å². The number of esters is 2. The number of carbonyl (C=O) groups is 6. The predicted molar refractivity (Wildman–Crippen MR) is 502 cm³/mol. The third-order valence-corrected chi connectivity index (χ3v) is 16.8. The monoisotopic (exact) mass is 1790 g/mol. The van der Waals surface area contributed by atoms with E-state index in [4.69, 9.17) is 51.8 Å². The molecule has 714 valence electrons. The molecule has 4 rings (SSSR count). The Kier molecular flexibility index (Phi) is 58.3. The molecule has 1 amide bonds. The van der Waals surface area contributed by atoms with Crippen molar-refractivity contribution < 1.29 is 207 Å². The number of aliphatic hydroxyl groups is 3. The fourth-order valence-corrected chi connectivity index (χ4v) is 11.3. The first-order valence-electron chi connectivity index (χ1n) is 36.5. The summed E-state index contributed by atoms with van der Waals surface area (Å²) < 4.78 is 35.4. The summed E-state index contributed by atoms with van der Waals surface area (Å²) in [4.78, 5) is 90.0. The summed E-state index contributed by atoms with van der Waals surface area (Å²) in [5.41, 5.74) is 2.37. The van der Waals surface area contributed by atoms with Gasteiger partial charge in [-0.1, -0.05) is 49.8 Å². The summed E-state index contributed by atoms with van der Waals surface area (Å²) in [5.74, 6) is 96.2. The van der Waals surface area contributed by atoms with Gasteiger partial charge in [-0.15, -0.1) is 12.8 Å². The summed E-state index contributed by atoms with van der Waals surface area (Å²) in [5, 5.41) is 98.5. The Bertz CT molecular complexity index is 5330. The molecular formula is C92H144N2O32. The van der Waals surface area contributed by atoms with Crippen molar-refractivity contribution in [2.75, 3.05) is 27.9 Å². The number of nitrogens with one attached hydrogen (secondary N) is 1. The predicted octanol–water partition coefficient (Wildman–Crippen LogP) is 10.7. The van der Waals surface area contributed by atoms with Crippen LogP contribution in [0.2, 0.25) is 0 Å². The molecule has 3 heterocycles. The van der Waals surface area contributed by atoms with Gasteiger partial charge in [0.2, 0.25) is 5.79 Å². The standard InChI is InChI=1S/C46H71NO16.C46H2.H3NO16.34H2/c1-10-30-18-25(3)40(61-39(53)23-38(51)52)26(4)19-36(59-8)42-37(60-9)20-27(5)46(57,63-42)43(54)44(55)47-16-12-11-13-31(47)45(56)62-41(28(6)33(49)22-34(30)50)24(2)17-29-14-15-32(48)35(21-29)58-7;1-3-5-7-9-11-13-15-17-19-21-23-25-27-29-31-33-35-37-39-41-43-45-46-44-42-40-38-36-34-32-30-28-26-24-22-20-18-16-14-12-10-8-6-4-2;2-6-10-14-16-12-8-4-1-5-9-13-17-15-11-7-3;;;;;;;;;;;;;;;;;;;;;;;;;;;;;;;;;;/h17-18,26-33,35-37,40-42,48-49,57H,10-16,19-23H2,1-9H3,(H,51,52);1-2H;1-3H;34*1H/b24-17+,25-18+;;;;;;;;;;;;;;;;;;;;;;;;;;;;;;;;;;;;/t26-,27-,28-,29+,30-,31+,32-,33+,35-,36+,37+,40-,41-,42-,46-;;;;;;;;;;;;;;;;;;;;;;;;;;;;;;;;;;;;/m1..................................../s1. The molecule has 0 aromatic rings. The lowest BCUT2D eigenvalue weighted by molar-refractivity contribution is -0.833. The zero-order valence-electron chi connectivity index (χ0n) is 68.6. The van der Waals surface area contributed by atoms with Crippen LogP contribution in [0.25, 0.3) is 0 Å². The topological polar surface area (TPSA) is 424 Å². The van der Waals surface area contributed by atoms with Crippen molar-refractivity contribution in [1.82, 2.24) is 10.5 Å². The van der Waals surface area contributed by atoms with Crippen LogP contribution in [0.3, 0.4) is 0 Å². The molecule has 1 saturated carbocycles. The first-order chi connectivity index (χ1) is 61.0. The minimum atomic E-state index is -2.67. The molecule has 2 saturated heterocycles. The van der Waals surface area contributed by atoms with Crippen LogP contribution >= 0.6 is 0 Å². The first-order valence-corrected chi connectivity index (χ1v) is 36.5. The maximum Gasteiger partial charge on any atom is 0.329 e. The summed E-state index contributed by atoms with van der Waals surface area (Å²) >= 11 is 0. The van der Waals surface area contributed by atoms with E-state index in [0.29, 0.717) is 49.7 Å². The molecular weight excluding hydrogens is 1640 g/mol. The SMILES string of the molecule is C#CC#CC#CC#CC#CC#CC#CC#CC#CC#CC#CC#CC#CC#CC#CC#CC#CC#CC#CC#CC#CC#CC#C.CC[C@@H]1/C=C(\C)[C@@H](OC(=O)CC(=O)O)[C@H](C)C[C@H](OC)[C@H]2O[C@@](O)(C(=O)C(=O)N3CCCC[C@H]3C(=O)O[C@H](/C(C)=C/[C@@H]3CC[C@@H](O)[C@H](OC)C3)[C@H](C)[C@@H](O)CC1=O)[C@H](C)C[C@@H]2OC.OOOOOOOONOOOOOOOO.[HH].[HH].[HH].[HH].[HH].[HH].[HH].[HH].[HH].[HH].[HH].[HH].[HH].[HH].[HH].[HH].[HH].[HH].[HH].[HH].[HH].[HH].[HH].[HH].[HH].[HH].[HH].[HH].[HH].[HH].[HH].[HH].[HH].[HH]. The van der Waals surface area contributed by atoms with E-state index < -0.39 is 120 Å². The molecule has 34 heteroatoms. The number of carboxylic acid groups (broad SMARTS) is 1. The van der Waals surface area contributed by atoms with Crippen LogP contribution < -0.4 is 5.64 Å². The number of Topliss-reactive ketones (excluding diaryl/α,β-unsaturated/α-hetero) is 2. The lowest BCUT2D eigenvalue weighted by Gasteiger charge is -2.47. The molecule has 0 spiro atoms. The van der Waals surface area contributed by atoms with Crippen LogP contribution in [0.15, 0.2) is 23.3 Å². The number of rotatable bonds is 23. The highest BCUT2D eigenvalue weighted by Gasteiger charge is 2.57. The van der Waals surface area contributed by atoms with Gasteiger partial charge in [0.1, 0.15) is 36.6 Å². The molecule has 7 N–H and O–H groups in total. The number of carbonyl (C=O) groups excluding carboxylic acids is 5. The fourth-order valence-electron chi connectivity index (χ4n) is 11.3. The maximum absolute atomic E-state index is 14.4. The third-order valence-electron chi connectivity index (χ3n) is 16.8. The van der Waals surface area contributed by atoms with Gasteiger partial charge in [0, 0.05) is 266 Å². The summed E-state index contributed by atoms with van der Waals surface area (Å²) in [6, 6.07) is -1.22. The van der Waals surface area contributed by atoms with Crippen molar-refractivity contribution in [3.63, 3.8) is 0 Å². The minimum absolute atomic E-state index is 0. The summed E-state index contributed by atoms with van der Waals surface area (Å²) in [6.07, 6.45) is 7.98. The lowest BCUT2D eigenvalue weighted by atomic mass is 9.81. The maximum atomic E-state index is 14.4. The molecule has 1 aliphatic carbocycles. The van der Waals surface area contributed by atoms with Crippen molar-refractivity contribution >= 4 is 35.4 Å². The van der Waals surface area contributed by atoms with Gasteiger partial charge in [-0.2, -0.15) is 0 Å². The van der Waals surface area contributed by atoms with E-state index >= 15 is 0 Å². The molecule has 0 unspecified atom stereocenters. The second-order valence-corrected chi connectivity index (χ2v) is 24.8. The number of hydrogen-bond donors (Lipinski definition) is 7. The number of amides is 1. The highest BCUT2D eigenvalue weighted by atomic mass is 17.9. The number of piperidine rings is 1. The van der Waals surface area contributed by atoms with Gasteiger partial charge >= 0.3 is 17.9 Å². The Labute approximate surface area is 778 Å². The fraction of sp³-hybridized carbons (Fsp3) is 0.391. The zero-order valence-corrected chi connectivity index (χ0v) is 68.6. The van der Waals surface area contributed by atoms with Crippen LogP contribution in [0.4, 0.5) is 0 Å². The van der Waals surface area contributed by atoms with Crippen molar-refractivity contribution in [3.05, 3.63) is 23.3 Å². The highest BCUT2D eigenvalue weighted by Crippen LogP contribution is 2.40. The quantitative estimate of drug-likeness (QED) is 0.00730. The number of ketones is 2. The number of ether oxygens (including phenoxy) is 6. The molecule has 4 aliphatic rings. The van der Waals surface area contributed by atoms with Crippen LogP contribution in [0.5, 0.6) is 0 Å². The smallest absolute Gasteiger partial charge is 0.329 e. The number of hydrogen-bond acceptors (Lipinski definition) is 32. The Morgan fingerprint density at radius 2 is 0.952 bits per heavy atom. The van der Waals surface area contributed by atoms with Crippen LogP contribution in [-0.2, 0) is 128 Å². The Morgan fingerprint density at radius 3 is 1.34 bits per heavy atom. The average molecular weight is 1790 g/mol. The van der Waals surface area contributed by atoms with E-state index in [1.165, 1.54) is 27.0 Å². The van der Waals surface area contributed by atoms with Crippen molar-refractivity contribution in [2.24, 2.45) is 29.6 Å². The van der Waals surface area contributed by atoms with Gasteiger partial charge in [0.05, 0.1) is 30.5 Å². The normalized spacial score (nSPS) is 22.5.